The molecule has 1 heterocycles. The summed E-state index contributed by atoms with van der Waals surface area (Å²) in [5.74, 6) is -1.07. The lowest BCUT2D eigenvalue weighted by Crippen LogP contribution is -2.45. The van der Waals surface area contributed by atoms with Crippen molar-refractivity contribution in [3.8, 4) is 17.5 Å². The van der Waals surface area contributed by atoms with Gasteiger partial charge in [0.15, 0.2) is 11.7 Å². The predicted octanol–water partition coefficient (Wildman–Crippen LogP) is 2.94. The van der Waals surface area contributed by atoms with E-state index in [9.17, 15) is 19.8 Å². The summed E-state index contributed by atoms with van der Waals surface area (Å²) in [5.41, 5.74) is 7.15. The van der Waals surface area contributed by atoms with E-state index in [1.54, 1.807) is 26.0 Å². The van der Waals surface area contributed by atoms with Crippen molar-refractivity contribution >= 4 is 11.7 Å². The molecule has 164 valence electrons. The van der Waals surface area contributed by atoms with E-state index in [0.717, 1.165) is 11.3 Å². The standard InChI is InChI=1S/C22H31N3O5/c1-11(2)19(20(27)18-13(5)21(28)25-22(18)29)24-17(26)10-16(23)14-6-8-15(9-7-14)30-12(3)4/h6-9,11-12,16,19,25,28-29H,10,23H2,1-5H3,(H,24,26)/t16?,19-/m0/s1. The lowest BCUT2D eigenvalue weighted by atomic mass is 9.93. The molecule has 0 aliphatic carbocycles. The predicted molar refractivity (Wildman–Crippen MR) is 114 cm³/mol. The zero-order valence-corrected chi connectivity index (χ0v) is 18.0. The van der Waals surface area contributed by atoms with Gasteiger partial charge < -0.3 is 26.0 Å². The fourth-order valence-electron chi connectivity index (χ4n) is 3.17. The maximum atomic E-state index is 12.9. The lowest BCUT2D eigenvalue weighted by Gasteiger charge is -2.22. The molecule has 0 bridgehead atoms. The maximum Gasteiger partial charge on any atom is 0.222 e. The van der Waals surface area contributed by atoms with E-state index >= 15 is 0 Å². The Labute approximate surface area is 176 Å². The van der Waals surface area contributed by atoms with Crippen molar-refractivity contribution in [3.63, 3.8) is 0 Å². The number of Topliss-reactive ketones (excluding diaryl/α,β-unsaturated/α-hetero) is 1. The van der Waals surface area contributed by atoms with Gasteiger partial charge in [0.05, 0.1) is 17.7 Å². The molecular formula is C22H31N3O5. The highest BCUT2D eigenvalue weighted by Gasteiger charge is 2.31. The van der Waals surface area contributed by atoms with Crippen LogP contribution in [0.15, 0.2) is 24.3 Å². The molecule has 1 aromatic carbocycles. The summed E-state index contributed by atoms with van der Waals surface area (Å²) in [6, 6.07) is 5.81. The van der Waals surface area contributed by atoms with Crippen LogP contribution in [0, 0.1) is 12.8 Å². The largest absolute Gasteiger partial charge is 0.494 e. The highest BCUT2D eigenvalue weighted by atomic mass is 16.5. The van der Waals surface area contributed by atoms with Gasteiger partial charge in [-0.15, -0.1) is 0 Å². The molecule has 1 amide bonds. The molecule has 1 unspecified atom stereocenters. The Balaban J connectivity index is 2.07. The molecule has 0 aliphatic rings. The quantitative estimate of drug-likeness (QED) is 0.398. The second-order valence-electron chi connectivity index (χ2n) is 8.02. The smallest absolute Gasteiger partial charge is 0.222 e. The third-order valence-corrected chi connectivity index (χ3v) is 4.80. The minimum Gasteiger partial charge on any atom is -0.494 e. The van der Waals surface area contributed by atoms with Crippen molar-refractivity contribution in [3.05, 3.63) is 41.0 Å². The summed E-state index contributed by atoms with van der Waals surface area (Å²) in [6.07, 6.45) is 0.0513. The number of aromatic amines is 1. The fourth-order valence-corrected chi connectivity index (χ4v) is 3.17. The van der Waals surface area contributed by atoms with Crippen LogP contribution in [-0.4, -0.2) is 39.0 Å². The van der Waals surface area contributed by atoms with Crippen LogP contribution in [0.5, 0.6) is 17.5 Å². The molecule has 0 saturated carbocycles. The van der Waals surface area contributed by atoms with Gasteiger partial charge in [0.1, 0.15) is 5.75 Å². The van der Waals surface area contributed by atoms with E-state index in [4.69, 9.17) is 10.5 Å². The topological polar surface area (TPSA) is 138 Å². The molecule has 0 fully saturated rings. The van der Waals surface area contributed by atoms with Crippen LogP contribution < -0.4 is 15.8 Å². The third kappa shape index (κ3) is 5.54. The van der Waals surface area contributed by atoms with Crippen molar-refractivity contribution in [1.82, 2.24) is 10.3 Å². The normalized spacial score (nSPS) is 13.3. The Kier molecular flexibility index (Phi) is 7.50. The van der Waals surface area contributed by atoms with Gasteiger partial charge in [0.25, 0.3) is 0 Å². The molecule has 2 aromatic rings. The fraction of sp³-hybridized carbons (Fsp3) is 0.455. The van der Waals surface area contributed by atoms with Crippen molar-refractivity contribution in [2.45, 2.75) is 59.2 Å². The van der Waals surface area contributed by atoms with Crippen molar-refractivity contribution in [2.24, 2.45) is 11.7 Å². The summed E-state index contributed by atoms with van der Waals surface area (Å²) in [6.45, 7) is 8.96. The van der Waals surface area contributed by atoms with Crippen molar-refractivity contribution in [2.75, 3.05) is 0 Å². The monoisotopic (exact) mass is 417 g/mol. The van der Waals surface area contributed by atoms with E-state index in [2.05, 4.69) is 10.3 Å². The van der Waals surface area contributed by atoms with E-state index in [1.807, 2.05) is 26.0 Å². The Hall–Kier alpha value is -3.00. The van der Waals surface area contributed by atoms with Gasteiger partial charge in [-0.1, -0.05) is 26.0 Å². The third-order valence-electron chi connectivity index (χ3n) is 4.80. The number of rotatable bonds is 9. The molecule has 1 aromatic heterocycles. The average Bonchev–Trinajstić information content (AvgIpc) is 2.90. The summed E-state index contributed by atoms with van der Waals surface area (Å²) >= 11 is 0. The van der Waals surface area contributed by atoms with Crippen LogP contribution in [0.2, 0.25) is 0 Å². The van der Waals surface area contributed by atoms with E-state index in [0.29, 0.717) is 0 Å². The van der Waals surface area contributed by atoms with Gasteiger partial charge >= 0.3 is 0 Å². The molecule has 0 spiro atoms. The summed E-state index contributed by atoms with van der Waals surface area (Å²) in [7, 11) is 0. The first-order chi connectivity index (χ1) is 14.0. The van der Waals surface area contributed by atoms with E-state index < -0.39 is 23.7 Å². The molecule has 8 nitrogen and oxygen atoms in total. The number of hydrogen-bond acceptors (Lipinski definition) is 6. The Bertz CT molecular complexity index is 887. The molecular weight excluding hydrogens is 386 g/mol. The van der Waals surface area contributed by atoms with Crippen molar-refractivity contribution < 1.29 is 24.5 Å². The number of hydrogen-bond donors (Lipinski definition) is 5. The number of benzene rings is 1. The second-order valence-corrected chi connectivity index (χ2v) is 8.02. The second kappa shape index (κ2) is 9.67. The number of aromatic nitrogens is 1. The van der Waals surface area contributed by atoms with Crippen LogP contribution in [-0.2, 0) is 4.79 Å². The number of ether oxygens (including phenoxy) is 1. The van der Waals surface area contributed by atoms with Crippen molar-refractivity contribution in [1.29, 1.82) is 0 Å². The zero-order chi connectivity index (χ0) is 22.6. The molecule has 2 atom stereocenters. The van der Waals surface area contributed by atoms with Crippen LogP contribution in [0.25, 0.3) is 0 Å². The number of nitrogens with one attached hydrogen (secondary N) is 2. The van der Waals surface area contributed by atoms with Gasteiger partial charge in [-0.05, 0) is 44.4 Å². The minimum atomic E-state index is -0.869. The van der Waals surface area contributed by atoms with Crippen LogP contribution in [0.3, 0.4) is 0 Å². The number of H-pyrrole nitrogens is 1. The van der Waals surface area contributed by atoms with Crippen LogP contribution in [0.1, 0.15) is 61.6 Å². The number of aromatic hydroxyl groups is 2. The van der Waals surface area contributed by atoms with Gasteiger partial charge in [-0.3, -0.25) is 14.6 Å². The molecule has 30 heavy (non-hydrogen) atoms. The van der Waals surface area contributed by atoms with E-state index in [-0.39, 0.29) is 41.4 Å². The van der Waals surface area contributed by atoms with Crippen LogP contribution >= 0.6 is 0 Å². The van der Waals surface area contributed by atoms with Gasteiger partial charge in [-0.2, -0.15) is 0 Å². The number of carbonyl (C=O) groups is 2. The zero-order valence-electron chi connectivity index (χ0n) is 18.0. The first-order valence-electron chi connectivity index (χ1n) is 9.97. The molecule has 0 aliphatic heterocycles. The molecule has 6 N–H and O–H groups in total. The molecule has 0 radical (unpaired) electrons. The number of carbonyl (C=O) groups excluding carboxylic acids is 2. The summed E-state index contributed by atoms with van der Waals surface area (Å²) < 4.78 is 5.60. The first kappa shape index (κ1) is 23.3. The Morgan fingerprint density at radius 1 is 1.10 bits per heavy atom. The molecule has 2 rings (SSSR count). The average molecular weight is 418 g/mol. The number of ketones is 1. The summed E-state index contributed by atoms with van der Waals surface area (Å²) in [5, 5.41) is 22.4. The SMILES string of the molecule is Cc1c(O)[nH]c(O)c1C(=O)[C@@H](NC(=O)CC(N)c1ccc(OC(C)C)cc1)C(C)C. The Morgan fingerprint density at radius 3 is 2.17 bits per heavy atom. The Morgan fingerprint density at radius 2 is 1.70 bits per heavy atom. The lowest BCUT2D eigenvalue weighted by molar-refractivity contribution is -0.122. The van der Waals surface area contributed by atoms with Gasteiger partial charge in [0, 0.05) is 18.0 Å². The van der Waals surface area contributed by atoms with E-state index in [1.165, 1.54) is 6.92 Å². The number of amides is 1. The molecule has 0 saturated heterocycles. The minimum absolute atomic E-state index is 0.00969. The molecule has 8 heteroatoms. The maximum absolute atomic E-state index is 12.9. The highest BCUT2D eigenvalue weighted by molar-refractivity contribution is 6.05. The number of nitrogens with two attached hydrogens (primary N) is 1. The highest BCUT2D eigenvalue weighted by Crippen LogP contribution is 2.30. The van der Waals surface area contributed by atoms with Gasteiger partial charge in [0.2, 0.25) is 11.8 Å². The summed E-state index contributed by atoms with van der Waals surface area (Å²) in [4.78, 5) is 27.8. The van der Waals surface area contributed by atoms with Gasteiger partial charge in [-0.25, -0.2) is 0 Å². The van der Waals surface area contributed by atoms with Crippen LogP contribution in [0.4, 0.5) is 0 Å². The first-order valence-corrected chi connectivity index (χ1v) is 9.97.